The molecule has 2 rings (SSSR count). The second-order valence-electron chi connectivity index (χ2n) is 3.44. The van der Waals surface area contributed by atoms with E-state index in [-0.39, 0.29) is 5.82 Å². The molecule has 0 unspecified atom stereocenters. The molecule has 2 nitrogen and oxygen atoms in total. The normalized spacial score (nSPS) is 10.3. The first kappa shape index (κ1) is 10.8. The van der Waals surface area contributed by atoms with Gasteiger partial charge in [0.25, 0.3) is 0 Å². The zero-order valence-corrected chi connectivity index (χ0v) is 8.77. The van der Waals surface area contributed by atoms with E-state index in [1.54, 1.807) is 18.3 Å². The van der Waals surface area contributed by atoms with E-state index in [1.165, 1.54) is 12.1 Å². The Kier molecular flexibility index (Phi) is 3.62. The van der Waals surface area contributed by atoms with Crippen LogP contribution in [0.3, 0.4) is 0 Å². The van der Waals surface area contributed by atoms with Crippen LogP contribution in [0.15, 0.2) is 48.7 Å². The summed E-state index contributed by atoms with van der Waals surface area (Å²) in [7, 11) is 0. The van der Waals surface area contributed by atoms with Crippen LogP contribution >= 0.6 is 0 Å². The van der Waals surface area contributed by atoms with Crippen molar-refractivity contribution < 1.29 is 9.13 Å². The minimum atomic E-state index is -0.228. The number of benzene rings is 1. The van der Waals surface area contributed by atoms with Crippen LogP contribution in [0, 0.1) is 5.82 Å². The van der Waals surface area contributed by atoms with Gasteiger partial charge in [-0.2, -0.15) is 0 Å². The predicted octanol–water partition coefficient (Wildman–Crippen LogP) is 2.94. The van der Waals surface area contributed by atoms with Crippen molar-refractivity contribution in [3.05, 3.63) is 65.7 Å². The molecular formula is C13H12FNO. The molecule has 0 spiro atoms. The van der Waals surface area contributed by atoms with E-state index in [2.05, 4.69) is 4.98 Å². The van der Waals surface area contributed by atoms with Crippen LogP contribution in [0.25, 0.3) is 0 Å². The maximum Gasteiger partial charge on any atom is 0.123 e. The van der Waals surface area contributed by atoms with E-state index in [0.717, 1.165) is 11.3 Å². The van der Waals surface area contributed by atoms with E-state index >= 15 is 0 Å². The first-order valence-corrected chi connectivity index (χ1v) is 5.07. The Bertz CT molecular complexity index is 427. The summed E-state index contributed by atoms with van der Waals surface area (Å²) >= 11 is 0. The summed E-state index contributed by atoms with van der Waals surface area (Å²) in [6.07, 6.45) is 1.73. The van der Waals surface area contributed by atoms with Crippen molar-refractivity contribution in [1.82, 2.24) is 4.98 Å². The van der Waals surface area contributed by atoms with Gasteiger partial charge in [-0.15, -0.1) is 0 Å². The highest BCUT2D eigenvalue weighted by molar-refractivity contribution is 5.15. The van der Waals surface area contributed by atoms with Crippen molar-refractivity contribution in [2.45, 2.75) is 13.2 Å². The fourth-order valence-electron chi connectivity index (χ4n) is 1.34. The lowest BCUT2D eigenvalue weighted by Gasteiger charge is -2.03. The maximum absolute atomic E-state index is 12.6. The molecule has 1 aromatic heterocycles. The summed E-state index contributed by atoms with van der Waals surface area (Å²) in [5.74, 6) is -0.228. The largest absolute Gasteiger partial charge is 0.370 e. The van der Waals surface area contributed by atoms with E-state index in [0.29, 0.717) is 13.2 Å². The van der Waals surface area contributed by atoms with Crippen molar-refractivity contribution in [2.75, 3.05) is 0 Å². The Morgan fingerprint density at radius 1 is 1.00 bits per heavy atom. The van der Waals surface area contributed by atoms with Crippen molar-refractivity contribution in [2.24, 2.45) is 0 Å². The molecule has 0 radical (unpaired) electrons. The molecule has 82 valence electrons. The Morgan fingerprint density at radius 2 is 1.81 bits per heavy atom. The van der Waals surface area contributed by atoms with Gasteiger partial charge >= 0.3 is 0 Å². The van der Waals surface area contributed by atoms with Gasteiger partial charge in [0.1, 0.15) is 5.82 Å². The molecule has 0 saturated heterocycles. The molecule has 0 amide bonds. The molecule has 3 heteroatoms. The van der Waals surface area contributed by atoms with Crippen LogP contribution in [-0.2, 0) is 18.0 Å². The van der Waals surface area contributed by atoms with Crippen LogP contribution in [0.4, 0.5) is 4.39 Å². The van der Waals surface area contributed by atoms with Gasteiger partial charge in [-0.1, -0.05) is 18.2 Å². The molecule has 0 saturated carbocycles. The smallest absolute Gasteiger partial charge is 0.123 e. The zero-order valence-electron chi connectivity index (χ0n) is 8.77. The van der Waals surface area contributed by atoms with Gasteiger partial charge in [-0.3, -0.25) is 4.98 Å². The van der Waals surface area contributed by atoms with Gasteiger partial charge in [0.15, 0.2) is 0 Å². The Hall–Kier alpha value is -1.74. The predicted molar refractivity (Wildman–Crippen MR) is 59.1 cm³/mol. The molecule has 0 aliphatic heterocycles. The lowest BCUT2D eigenvalue weighted by atomic mass is 10.2. The number of hydrogen-bond acceptors (Lipinski definition) is 2. The van der Waals surface area contributed by atoms with Crippen LogP contribution in [0.5, 0.6) is 0 Å². The van der Waals surface area contributed by atoms with Crippen molar-refractivity contribution >= 4 is 0 Å². The highest BCUT2D eigenvalue weighted by Crippen LogP contribution is 2.05. The average molecular weight is 217 g/mol. The third kappa shape index (κ3) is 3.14. The number of halogens is 1. The molecule has 0 atom stereocenters. The van der Waals surface area contributed by atoms with Gasteiger partial charge in [0.05, 0.1) is 18.9 Å². The number of rotatable bonds is 4. The third-order valence-electron chi connectivity index (χ3n) is 2.16. The molecule has 0 bridgehead atoms. The first-order valence-electron chi connectivity index (χ1n) is 5.07. The van der Waals surface area contributed by atoms with Crippen LogP contribution < -0.4 is 0 Å². The topological polar surface area (TPSA) is 22.1 Å². The fraction of sp³-hybridized carbons (Fsp3) is 0.154. The second kappa shape index (κ2) is 5.37. The lowest BCUT2D eigenvalue weighted by Crippen LogP contribution is -1.95. The van der Waals surface area contributed by atoms with Crippen molar-refractivity contribution in [3.63, 3.8) is 0 Å². The van der Waals surface area contributed by atoms with E-state index in [4.69, 9.17) is 4.74 Å². The number of ether oxygens (including phenoxy) is 1. The molecule has 0 aliphatic rings. The highest BCUT2D eigenvalue weighted by Gasteiger charge is 1.96. The second-order valence-corrected chi connectivity index (χ2v) is 3.44. The molecular weight excluding hydrogens is 205 g/mol. The number of aromatic nitrogens is 1. The lowest BCUT2D eigenvalue weighted by molar-refractivity contribution is 0.104. The number of hydrogen-bond donors (Lipinski definition) is 0. The molecule has 1 heterocycles. The monoisotopic (exact) mass is 217 g/mol. The van der Waals surface area contributed by atoms with Gasteiger partial charge in [0, 0.05) is 6.20 Å². The minimum absolute atomic E-state index is 0.228. The van der Waals surface area contributed by atoms with Gasteiger partial charge < -0.3 is 4.74 Å². The first-order chi connectivity index (χ1) is 7.84. The summed E-state index contributed by atoms with van der Waals surface area (Å²) in [5.41, 5.74) is 1.85. The standard InChI is InChI=1S/C13H12FNO/c14-12-6-4-11(5-7-12)9-16-10-13-3-1-2-8-15-13/h1-8H,9-10H2. The van der Waals surface area contributed by atoms with Crippen molar-refractivity contribution in [1.29, 1.82) is 0 Å². The molecule has 16 heavy (non-hydrogen) atoms. The highest BCUT2D eigenvalue weighted by atomic mass is 19.1. The molecule has 2 aromatic rings. The average Bonchev–Trinajstić information content (AvgIpc) is 2.33. The summed E-state index contributed by atoms with van der Waals surface area (Å²) in [6, 6.07) is 12.0. The van der Waals surface area contributed by atoms with Gasteiger partial charge in [-0.25, -0.2) is 4.39 Å². The zero-order chi connectivity index (χ0) is 11.2. The van der Waals surface area contributed by atoms with Crippen LogP contribution in [0.1, 0.15) is 11.3 Å². The number of nitrogens with zero attached hydrogens (tertiary/aromatic N) is 1. The SMILES string of the molecule is Fc1ccc(COCc2ccccn2)cc1. The molecule has 0 fully saturated rings. The summed E-state index contributed by atoms with van der Waals surface area (Å²) < 4.78 is 18.1. The third-order valence-corrected chi connectivity index (χ3v) is 2.16. The summed E-state index contributed by atoms with van der Waals surface area (Å²) in [4.78, 5) is 4.14. The molecule has 1 aromatic carbocycles. The van der Waals surface area contributed by atoms with Gasteiger partial charge in [0.2, 0.25) is 0 Å². The summed E-state index contributed by atoms with van der Waals surface area (Å²) in [5, 5.41) is 0. The van der Waals surface area contributed by atoms with Gasteiger partial charge in [-0.05, 0) is 29.8 Å². The summed E-state index contributed by atoms with van der Waals surface area (Å²) in [6.45, 7) is 0.940. The van der Waals surface area contributed by atoms with E-state index in [1.807, 2.05) is 18.2 Å². The maximum atomic E-state index is 12.6. The van der Waals surface area contributed by atoms with E-state index < -0.39 is 0 Å². The Morgan fingerprint density at radius 3 is 2.50 bits per heavy atom. The Balaban J connectivity index is 1.82. The number of pyridine rings is 1. The Labute approximate surface area is 93.7 Å². The van der Waals surface area contributed by atoms with Crippen molar-refractivity contribution in [3.8, 4) is 0 Å². The van der Waals surface area contributed by atoms with Crippen LogP contribution in [0.2, 0.25) is 0 Å². The van der Waals surface area contributed by atoms with Crippen LogP contribution in [-0.4, -0.2) is 4.98 Å². The molecule has 0 N–H and O–H groups in total. The van der Waals surface area contributed by atoms with E-state index in [9.17, 15) is 4.39 Å². The molecule has 0 aliphatic carbocycles. The quantitative estimate of drug-likeness (QED) is 0.785. The minimum Gasteiger partial charge on any atom is -0.370 e. The fourth-order valence-corrected chi connectivity index (χ4v) is 1.34.